The molecule has 0 heterocycles. The molecule has 25 heavy (non-hydrogen) atoms. The van der Waals surface area contributed by atoms with E-state index >= 15 is 0 Å². The van der Waals surface area contributed by atoms with Crippen LogP contribution in [0.25, 0.3) is 0 Å². The molecule has 3 heteroatoms. The molecule has 0 aliphatic rings. The van der Waals surface area contributed by atoms with Crippen LogP contribution in [-0.4, -0.2) is 5.11 Å². The Kier molecular flexibility index (Phi) is 6.54. The topological polar surface area (TPSA) is 32.1 Å². The van der Waals surface area contributed by atoms with Crippen molar-refractivity contribution in [1.82, 2.24) is 0 Å². The average Bonchev–Trinajstić information content (AvgIpc) is 2.60. The fraction of sp³-hybridized carbons (Fsp3) is 0.182. The number of thiol groups is 1. The quantitative estimate of drug-likeness (QED) is 0.432. The van der Waals surface area contributed by atoms with Crippen molar-refractivity contribution < 1.29 is 9.84 Å². The van der Waals surface area contributed by atoms with E-state index in [1.54, 1.807) is 24.3 Å². The molecule has 3 aromatic carbocycles. The van der Waals surface area contributed by atoms with Gasteiger partial charge in [0.2, 0.25) is 0 Å². The van der Waals surface area contributed by atoms with Crippen LogP contribution in [0.5, 0.6) is 17.2 Å². The first-order valence-corrected chi connectivity index (χ1v) is 8.63. The second-order valence-electron chi connectivity index (χ2n) is 6.74. The molecule has 2 N–H and O–H groups in total. The Bertz CT molecular complexity index is 714. The van der Waals surface area contributed by atoms with Crippen LogP contribution in [0, 0.1) is 0 Å². The lowest BCUT2D eigenvalue weighted by Crippen LogP contribution is -2.10. The van der Waals surface area contributed by atoms with Gasteiger partial charge in [0.25, 0.3) is 5.75 Å². The summed E-state index contributed by atoms with van der Waals surface area (Å²) in [5, 5.41) is 7.33. The van der Waals surface area contributed by atoms with E-state index in [0.717, 1.165) is 16.4 Å². The molecule has 0 saturated carbocycles. The van der Waals surface area contributed by atoms with E-state index in [9.17, 15) is 0 Å². The highest BCUT2D eigenvalue weighted by molar-refractivity contribution is 7.80. The van der Waals surface area contributed by atoms with Crippen LogP contribution in [-0.2, 0) is 5.41 Å². The van der Waals surface area contributed by atoms with E-state index in [4.69, 9.17) is 9.84 Å². The van der Waals surface area contributed by atoms with Gasteiger partial charge in [0.05, 0.1) is 0 Å². The van der Waals surface area contributed by atoms with Gasteiger partial charge < -0.3 is 9.84 Å². The van der Waals surface area contributed by atoms with Crippen LogP contribution in [0.2, 0.25) is 0 Å². The molecular formula is C22H25O2S+. The molecule has 0 amide bonds. The summed E-state index contributed by atoms with van der Waals surface area (Å²) in [4.78, 5) is 0.906. The van der Waals surface area contributed by atoms with E-state index < -0.39 is 0 Å². The van der Waals surface area contributed by atoms with Crippen LogP contribution in [0.4, 0.5) is 0 Å². The van der Waals surface area contributed by atoms with Crippen molar-refractivity contribution in [2.45, 2.75) is 31.1 Å². The summed E-state index contributed by atoms with van der Waals surface area (Å²) < 4.78 is 5.57. The standard InChI is InChI=1S/C12H10O2S.C10H14/c13-9-1-3-10(4-2-9)14-11-5-7-12(15)8-6-11;1-10(2,3)9-7-5-4-6-8-9/h1-8,13,15H;4-8H,1-3H3/p+1. The SMILES string of the molecule is CC(C)(C)c1ccccc1.[OH2+]c1ccc(Oc2ccc(S)cc2)cc1. The monoisotopic (exact) mass is 353 g/mol. The second kappa shape index (κ2) is 8.63. The van der Waals surface area contributed by atoms with Gasteiger partial charge in [0, 0.05) is 17.0 Å². The van der Waals surface area contributed by atoms with Crippen LogP contribution >= 0.6 is 12.6 Å². The molecule has 130 valence electrons. The van der Waals surface area contributed by atoms with Crippen LogP contribution in [0.15, 0.2) is 83.8 Å². The molecule has 2 nitrogen and oxygen atoms in total. The van der Waals surface area contributed by atoms with Crippen LogP contribution < -0.4 is 4.74 Å². The maximum absolute atomic E-state index is 7.33. The summed E-state index contributed by atoms with van der Waals surface area (Å²) in [6.07, 6.45) is 0. The van der Waals surface area contributed by atoms with Gasteiger partial charge in [-0.15, -0.1) is 12.6 Å². The highest BCUT2D eigenvalue weighted by Gasteiger charge is 2.11. The molecule has 0 aliphatic heterocycles. The van der Waals surface area contributed by atoms with Crippen molar-refractivity contribution >= 4 is 12.6 Å². The van der Waals surface area contributed by atoms with Gasteiger partial charge in [-0.2, -0.15) is 0 Å². The van der Waals surface area contributed by atoms with Crippen molar-refractivity contribution in [1.29, 1.82) is 0 Å². The minimum atomic E-state index is 0.293. The Balaban J connectivity index is 0.000000196. The molecule has 0 unspecified atom stereocenters. The molecule has 3 rings (SSSR count). The van der Waals surface area contributed by atoms with Gasteiger partial charge in [-0.25, -0.2) is 0 Å². The zero-order chi connectivity index (χ0) is 18.3. The van der Waals surface area contributed by atoms with E-state index in [0.29, 0.717) is 11.2 Å². The summed E-state index contributed by atoms with van der Waals surface area (Å²) >= 11 is 4.19. The smallest absolute Gasteiger partial charge is 0.254 e. The molecule has 3 aromatic rings. The summed E-state index contributed by atoms with van der Waals surface area (Å²) in [6, 6.07) is 25.0. The van der Waals surface area contributed by atoms with E-state index in [1.807, 2.05) is 24.3 Å². The van der Waals surface area contributed by atoms with Gasteiger partial charge in [0.15, 0.2) is 0 Å². The van der Waals surface area contributed by atoms with E-state index in [2.05, 4.69) is 63.7 Å². The summed E-state index contributed by atoms with van der Waals surface area (Å²) in [7, 11) is 0. The zero-order valence-electron chi connectivity index (χ0n) is 14.9. The Morgan fingerprint density at radius 1 is 0.720 bits per heavy atom. The highest BCUT2D eigenvalue weighted by atomic mass is 32.1. The van der Waals surface area contributed by atoms with Gasteiger partial charge in [-0.1, -0.05) is 51.1 Å². The Morgan fingerprint density at radius 3 is 1.64 bits per heavy atom. The second-order valence-corrected chi connectivity index (χ2v) is 7.25. The molecule has 0 aromatic heterocycles. The average molecular weight is 354 g/mol. The predicted octanol–water partition coefficient (Wildman–Crippen LogP) is 6.19. The minimum Gasteiger partial charge on any atom is -0.593 e. The molecule has 0 spiro atoms. The lowest BCUT2D eigenvalue weighted by atomic mass is 9.87. The van der Waals surface area contributed by atoms with Crippen molar-refractivity contribution in [2.75, 3.05) is 0 Å². The highest BCUT2D eigenvalue weighted by Crippen LogP contribution is 2.24. The third-order valence-corrected chi connectivity index (χ3v) is 3.86. The lowest BCUT2D eigenvalue weighted by Gasteiger charge is -2.18. The third-order valence-electron chi connectivity index (χ3n) is 3.57. The van der Waals surface area contributed by atoms with Crippen molar-refractivity contribution in [3.05, 3.63) is 84.4 Å². The largest absolute Gasteiger partial charge is 0.593 e. The van der Waals surface area contributed by atoms with Crippen LogP contribution in [0.1, 0.15) is 26.3 Å². The normalized spacial score (nSPS) is 10.6. The maximum Gasteiger partial charge on any atom is 0.254 e. The van der Waals surface area contributed by atoms with Gasteiger partial charge in [0.1, 0.15) is 11.5 Å². The van der Waals surface area contributed by atoms with Crippen molar-refractivity contribution in [2.24, 2.45) is 0 Å². The van der Waals surface area contributed by atoms with E-state index in [1.165, 1.54) is 5.56 Å². The molecule has 0 atom stereocenters. The predicted molar refractivity (Wildman–Crippen MR) is 108 cm³/mol. The molecule has 0 fully saturated rings. The van der Waals surface area contributed by atoms with Crippen LogP contribution in [0.3, 0.4) is 0 Å². The summed E-state index contributed by atoms with van der Waals surface area (Å²) in [5.74, 6) is 1.98. The fourth-order valence-corrected chi connectivity index (χ4v) is 2.26. The molecule has 0 saturated heterocycles. The van der Waals surface area contributed by atoms with Gasteiger partial charge in [-0.05, 0) is 47.4 Å². The fourth-order valence-electron chi connectivity index (χ4n) is 2.11. The molecule has 0 radical (unpaired) electrons. The van der Waals surface area contributed by atoms with Gasteiger partial charge >= 0.3 is 0 Å². The molecular weight excluding hydrogens is 328 g/mol. The van der Waals surface area contributed by atoms with Crippen molar-refractivity contribution in [3.8, 4) is 17.2 Å². The Hall–Kier alpha value is -2.39. The minimum absolute atomic E-state index is 0.293. The Labute approximate surface area is 155 Å². The zero-order valence-corrected chi connectivity index (χ0v) is 15.8. The number of ether oxygens (including phenoxy) is 1. The first kappa shape index (κ1) is 18.9. The lowest BCUT2D eigenvalue weighted by molar-refractivity contribution is 0.464. The first-order valence-electron chi connectivity index (χ1n) is 8.19. The maximum atomic E-state index is 7.33. The number of hydrogen-bond acceptors (Lipinski definition) is 2. The number of rotatable bonds is 2. The first-order chi connectivity index (χ1) is 11.8. The number of benzene rings is 3. The molecule has 0 bridgehead atoms. The Morgan fingerprint density at radius 2 is 1.20 bits per heavy atom. The summed E-state index contributed by atoms with van der Waals surface area (Å²) in [5.41, 5.74) is 1.69. The van der Waals surface area contributed by atoms with Gasteiger partial charge in [-0.3, -0.25) is 0 Å². The molecule has 0 aliphatic carbocycles. The third kappa shape index (κ3) is 6.55. The van der Waals surface area contributed by atoms with Crippen molar-refractivity contribution in [3.63, 3.8) is 0 Å². The number of hydrogen-bond donors (Lipinski definition) is 1. The van der Waals surface area contributed by atoms with E-state index in [-0.39, 0.29) is 0 Å². The summed E-state index contributed by atoms with van der Waals surface area (Å²) in [6.45, 7) is 6.67.